The molecule has 3 rings (SSSR count). The predicted octanol–water partition coefficient (Wildman–Crippen LogP) is 2.59. The highest BCUT2D eigenvalue weighted by atomic mass is 32.1. The SMILES string of the molecule is COc1ccc(CN2CCN(Cc3cnc(N(C)C)s3)C[C@@H]2CCO)cc1C. The van der Waals surface area contributed by atoms with Gasteiger partial charge in [0.05, 0.1) is 7.11 Å². The van der Waals surface area contributed by atoms with E-state index in [1.165, 1.54) is 16.0 Å². The molecule has 0 unspecified atom stereocenters. The first kappa shape index (κ1) is 21.0. The van der Waals surface area contributed by atoms with Crippen molar-refractivity contribution in [2.75, 3.05) is 52.3 Å². The van der Waals surface area contributed by atoms with E-state index in [0.717, 1.165) is 50.0 Å². The normalized spacial score (nSPS) is 18.4. The molecule has 1 aliphatic rings. The van der Waals surface area contributed by atoms with E-state index in [2.05, 4.69) is 38.7 Å². The summed E-state index contributed by atoms with van der Waals surface area (Å²) in [4.78, 5) is 12.8. The van der Waals surface area contributed by atoms with Crippen LogP contribution in [0.15, 0.2) is 24.4 Å². The first-order valence-electron chi connectivity index (χ1n) is 9.83. The van der Waals surface area contributed by atoms with Gasteiger partial charge in [0.1, 0.15) is 5.75 Å². The van der Waals surface area contributed by atoms with Gasteiger partial charge in [-0.2, -0.15) is 0 Å². The maximum atomic E-state index is 9.58. The quantitative estimate of drug-likeness (QED) is 0.730. The lowest BCUT2D eigenvalue weighted by Gasteiger charge is -2.41. The molecule has 1 fully saturated rings. The number of thiazole rings is 1. The van der Waals surface area contributed by atoms with Crippen LogP contribution in [-0.4, -0.2) is 73.4 Å². The van der Waals surface area contributed by atoms with Crippen molar-refractivity contribution in [2.24, 2.45) is 0 Å². The van der Waals surface area contributed by atoms with Crippen molar-refractivity contribution < 1.29 is 9.84 Å². The highest BCUT2D eigenvalue weighted by molar-refractivity contribution is 7.15. The Morgan fingerprint density at radius 2 is 2.11 bits per heavy atom. The molecule has 0 aliphatic carbocycles. The van der Waals surface area contributed by atoms with Crippen LogP contribution >= 0.6 is 11.3 Å². The summed E-state index contributed by atoms with van der Waals surface area (Å²) in [5, 5.41) is 10.6. The lowest BCUT2D eigenvalue weighted by molar-refractivity contribution is 0.0504. The van der Waals surface area contributed by atoms with E-state index in [-0.39, 0.29) is 6.61 Å². The fourth-order valence-corrected chi connectivity index (χ4v) is 4.68. The molecule has 1 saturated heterocycles. The summed E-state index contributed by atoms with van der Waals surface area (Å²) in [6, 6.07) is 6.77. The second kappa shape index (κ2) is 9.69. The monoisotopic (exact) mass is 404 g/mol. The Kier molecular flexibility index (Phi) is 7.29. The zero-order valence-electron chi connectivity index (χ0n) is 17.4. The van der Waals surface area contributed by atoms with E-state index < -0.39 is 0 Å². The van der Waals surface area contributed by atoms with Gasteiger partial charge in [-0.05, 0) is 30.5 Å². The van der Waals surface area contributed by atoms with E-state index in [1.54, 1.807) is 18.4 Å². The van der Waals surface area contributed by atoms with Crippen molar-refractivity contribution in [1.82, 2.24) is 14.8 Å². The fourth-order valence-electron chi connectivity index (χ4n) is 3.80. The smallest absolute Gasteiger partial charge is 0.185 e. The highest BCUT2D eigenvalue weighted by Gasteiger charge is 2.27. The maximum Gasteiger partial charge on any atom is 0.185 e. The van der Waals surface area contributed by atoms with Gasteiger partial charge in [-0.1, -0.05) is 12.1 Å². The van der Waals surface area contributed by atoms with Crippen LogP contribution in [0.4, 0.5) is 5.13 Å². The minimum atomic E-state index is 0.224. The van der Waals surface area contributed by atoms with Crippen molar-refractivity contribution in [2.45, 2.75) is 32.5 Å². The summed E-state index contributed by atoms with van der Waals surface area (Å²) in [6.07, 6.45) is 2.80. The molecule has 0 saturated carbocycles. The van der Waals surface area contributed by atoms with Crippen LogP contribution in [-0.2, 0) is 13.1 Å². The number of aromatic nitrogens is 1. The van der Waals surface area contributed by atoms with Gasteiger partial charge in [-0.3, -0.25) is 9.80 Å². The van der Waals surface area contributed by atoms with Gasteiger partial charge in [0.15, 0.2) is 5.13 Å². The summed E-state index contributed by atoms with van der Waals surface area (Å²) in [5.74, 6) is 0.933. The molecule has 154 valence electrons. The Labute approximate surface area is 172 Å². The van der Waals surface area contributed by atoms with E-state index in [1.807, 2.05) is 26.4 Å². The Hall–Kier alpha value is -1.67. The summed E-state index contributed by atoms with van der Waals surface area (Å²) >= 11 is 1.76. The van der Waals surface area contributed by atoms with Gasteiger partial charge in [-0.15, -0.1) is 11.3 Å². The molecule has 1 aliphatic heterocycles. The van der Waals surface area contributed by atoms with Gasteiger partial charge in [0.2, 0.25) is 0 Å². The molecule has 1 aromatic heterocycles. The zero-order chi connectivity index (χ0) is 20.1. The number of benzene rings is 1. The van der Waals surface area contributed by atoms with E-state index in [4.69, 9.17) is 4.74 Å². The summed E-state index contributed by atoms with van der Waals surface area (Å²) in [6.45, 7) is 7.17. The standard InChI is InChI=1S/C21H32N4O2S/c1-16-11-17(5-6-20(16)27-4)13-25-9-8-24(14-18(25)7-10-26)15-19-12-22-21(28-19)23(2)3/h5-6,11-12,18,26H,7-10,13-15H2,1-4H3/t18-/m0/s1. The van der Waals surface area contributed by atoms with Gasteiger partial charge in [0, 0.05) is 70.5 Å². The topological polar surface area (TPSA) is 52.1 Å². The third kappa shape index (κ3) is 5.23. The molecular formula is C21H32N4O2S. The molecule has 6 nitrogen and oxygen atoms in total. The lowest BCUT2D eigenvalue weighted by atomic mass is 10.1. The van der Waals surface area contributed by atoms with Crippen molar-refractivity contribution in [3.8, 4) is 5.75 Å². The van der Waals surface area contributed by atoms with Crippen molar-refractivity contribution in [3.05, 3.63) is 40.4 Å². The third-order valence-corrected chi connectivity index (χ3v) is 6.45. The van der Waals surface area contributed by atoms with Crippen LogP contribution in [0.3, 0.4) is 0 Å². The number of aryl methyl sites for hydroxylation is 1. The van der Waals surface area contributed by atoms with Crippen LogP contribution in [0.2, 0.25) is 0 Å². The first-order valence-corrected chi connectivity index (χ1v) is 10.6. The van der Waals surface area contributed by atoms with Gasteiger partial charge >= 0.3 is 0 Å². The molecule has 2 aromatic rings. The highest BCUT2D eigenvalue weighted by Crippen LogP contribution is 2.25. The fraction of sp³-hybridized carbons (Fsp3) is 0.571. The van der Waals surface area contributed by atoms with Gasteiger partial charge < -0.3 is 14.7 Å². The summed E-state index contributed by atoms with van der Waals surface area (Å²) in [5.41, 5.74) is 2.46. The summed E-state index contributed by atoms with van der Waals surface area (Å²) < 4.78 is 5.38. The molecule has 0 radical (unpaired) electrons. The number of ether oxygens (including phenoxy) is 1. The second-order valence-corrected chi connectivity index (χ2v) is 8.77. The molecule has 2 heterocycles. The molecule has 1 atom stereocenters. The number of aliphatic hydroxyl groups excluding tert-OH is 1. The molecule has 1 aromatic carbocycles. The number of hydrogen-bond donors (Lipinski definition) is 1. The van der Waals surface area contributed by atoms with E-state index >= 15 is 0 Å². The van der Waals surface area contributed by atoms with Gasteiger partial charge in [0.25, 0.3) is 0 Å². The summed E-state index contributed by atoms with van der Waals surface area (Å²) in [7, 11) is 5.77. The zero-order valence-corrected chi connectivity index (χ0v) is 18.2. The van der Waals surface area contributed by atoms with E-state index in [9.17, 15) is 5.11 Å². The molecule has 0 spiro atoms. The number of hydrogen-bond acceptors (Lipinski definition) is 7. The maximum absolute atomic E-state index is 9.58. The van der Waals surface area contributed by atoms with Crippen LogP contribution in [0.1, 0.15) is 22.4 Å². The van der Waals surface area contributed by atoms with Crippen molar-refractivity contribution in [3.63, 3.8) is 0 Å². The average molecular weight is 405 g/mol. The lowest BCUT2D eigenvalue weighted by Crippen LogP contribution is -2.52. The minimum Gasteiger partial charge on any atom is -0.496 e. The molecule has 0 amide bonds. The molecule has 7 heteroatoms. The predicted molar refractivity (Wildman–Crippen MR) is 115 cm³/mol. The van der Waals surface area contributed by atoms with Crippen molar-refractivity contribution >= 4 is 16.5 Å². The number of anilines is 1. The Morgan fingerprint density at radius 3 is 2.75 bits per heavy atom. The number of rotatable bonds is 8. The van der Waals surface area contributed by atoms with Crippen LogP contribution in [0, 0.1) is 6.92 Å². The largest absolute Gasteiger partial charge is 0.496 e. The first-order chi connectivity index (χ1) is 13.5. The molecule has 1 N–H and O–H groups in total. The number of piperazine rings is 1. The third-order valence-electron chi connectivity index (χ3n) is 5.30. The van der Waals surface area contributed by atoms with Crippen molar-refractivity contribution in [1.29, 1.82) is 0 Å². The number of aliphatic hydroxyl groups is 1. The van der Waals surface area contributed by atoms with Crippen LogP contribution < -0.4 is 9.64 Å². The number of nitrogens with zero attached hydrogens (tertiary/aromatic N) is 4. The van der Waals surface area contributed by atoms with E-state index in [0.29, 0.717) is 6.04 Å². The Bertz CT molecular complexity index is 765. The van der Waals surface area contributed by atoms with Gasteiger partial charge in [-0.25, -0.2) is 4.98 Å². The minimum absolute atomic E-state index is 0.224. The Morgan fingerprint density at radius 1 is 1.29 bits per heavy atom. The van der Waals surface area contributed by atoms with Crippen LogP contribution in [0.5, 0.6) is 5.75 Å². The van der Waals surface area contributed by atoms with Crippen LogP contribution in [0.25, 0.3) is 0 Å². The Balaban J connectivity index is 1.62. The number of methoxy groups -OCH3 is 1. The average Bonchev–Trinajstić information content (AvgIpc) is 3.13. The molecule has 0 bridgehead atoms. The molecule has 28 heavy (non-hydrogen) atoms. The molecular weight excluding hydrogens is 372 g/mol. The second-order valence-electron chi connectivity index (χ2n) is 7.68.